The van der Waals surface area contributed by atoms with Gasteiger partial charge < -0.3 is 19.5 Å². The predicted molar refractivity (Wildman–Crippen MR) is 97.1 cm³/mol. The highest BCUT2D eigenvalue weighted by molar-refractivity contribution is 5.89. The minimum absolute atomic E-state index is 0.0167. The van der Waals surface area contributed by atoms with Gasteiger partial charge in [0, 0.05) is 31.5 Å². The summed E-state index contributed by atoms with van der Waals surface area (Å²) in [7, 11) is 1.63. The third-order valence-corrected chi connectivity index (χ3v) is 4.60. The van der Waals surface area contributed by atoms with Crippen LogP contribution in [-0.2, 0) is 6.54 Å². The van der Waals surface area contributed by atoms with Crippen LogP contribution in [0.25, 0.3) is 0 Å². The third-order valence-electron chi connectivity index (χ3n) is 4.60. The zero-order valence-corrected chi connectivity index (χ0v) is 14.6. The topological polar surface area (TPSA) is 63.6 Å². The second-order valence-electron chi connectivity index (χ2n) is 6.11. The van der Waals surface area contributed by atoms with Crippen molar-refractivity contribution in [1.29, 1.82) is 0 Å². The number of rotatable bonds is 4. The van der Waals surface area contributed by atoms with E-state index in [0.29, 0.717) is 12.2 Å². The predicted octanol–water partition coefficient (Wildman–Crippen LogP) is 3.25. The number of carbonyl (C=O) groups is 1. The Labute approximate surface area is 147 Å². The van der Waals surface area contributed by atoms with E-state index in [0.717, 1.165) is 30.7 Å². The molecule has 0 bridgehead atoms. The average molecular weight is 341 g/mol. The second-order valence-corrected chi connectivity index (χ2v) is 6.11. The molecule has 3 rings (SSSR count). The summed E-state index contributed by atoms with van der Waals surface area (Å²) in [6, 6.07) is 9.04. The number of benzene rings is 1. The molecule has 1 aromatic carbocycles. The molecular formula is C19H23N3O3. The van der Waals surface area contributed by atoms with Crippen molar-refractivity contribution in [3.63, 3.8) is 0 Å². The minimum atomic E-state index is -0.232. The lowest BCUT2D eigenvalue weighted by atomic mass is 10.0. The first kappa shape index (κ1) is 17.1. The SMILES string of the molecule is CCn1ccc(=O)c(NC(=O)N2CCC[C@H]2c2ccc(OC)cc2)c1. The number of anilines is 1. The molecule has 0 unspecified atom stereocenters. The van der Waals surface area contributed by atoms with Crippen LogP contribution < -0.4 is 15.5 Å². The monoisotopic (exact) mass is 341 g/mol. The lowest BCUT2D eigenvalue weighted by molar-refractivity contribution is 0.207. The summed E-state index contributed by atoms with van der Waals surface area (Å²) in [6.07, 6.45) is 5.25. The fourth-order valence-corrected chi connectivity index (χ4v) is 3.19. The molecule has 1 saturated heterocycles. The molecule has 2 amide bonds. The summed E-state index contributed by atoms with van der Waals surface area (Å²) in [5.74, 6) is 0.794. The van der Waals surface area contributed by atoms with Crippen LogP contribution in [0.3, 0.4) is 0 Å². The van der Waals surface area contributed by atoms with Gasteiger partial charge in [0.25, 0.3) is 0 Å². The first-order chi connectivity index (χ1) is 12.1. The number of ether oxygens (including phenoxy) is 1. The number of likely N-dealkylation sites (tertiary alicyclic amines) is 1. The van der Waals surface area contributed by atoms with Gasteiger partial charge >= 0.3 is 6.03 Å². The number of aromatic nitrogens is 1. The van der Waals surface area contributed by atoms with E-state index in [1.165, 1.54) is 6.07 Å². The molecule has 6 nitrogen and oxygen atoms in total. The number of methoxy groups -OCH3 is 1. The van der Waals surface area contributed by atoms with Gasteiger partial charge in [-0.25, -0.2) is 4.79 Å². The summed E-state index contributed by atoms with van der Waals surface area (Å²) in [5, 5.41) is 2.78. The molecule has 25 heavy (non-hydrogen) atoms. The van der Waals surface area contributed by atoms with Crippen molar-refractivity contribution in [2.75, 3.05) is 19.0 Å². The number of nitrogens with zero attached hydrogens (tertiary/aromatic N) is 2. The lowest BCUT2D eigenvalue weighted by Gasteiger charge is -2.25. The molecule has 1 atom stereocenters. The van der Waals surface area contributed by atoms with Gasteiger partial charge in [0.05, 0.1) is 13.2 Å². The van der Waals surface area contributed by atoms with Gasteiger partial charge in [-0.05, 0) is 37.5 Å². The number of urea groups is 1. The Bertz CT molecular complexity index is 798. The first-order valence-corrected chi connectivity index (χ1v) is 8.54. The molecule has 132 valence electrons. The Morgan fingerprint density at radius 3 is 2.72 bits per heavy atom. The number of nitrogens with one attached hydrogen (secondary N) is 1. The van der Waals surface area contributed by atoms with Crippen LogP contribution >= 0.6 is 0 Å². The van der Waals surface area contributed by atoms with E-state index >= 15 is 0 Å². The zero-order chi connectivity index (χ0) is 17.8. The standard InChI is InChI=1S/C19H23N3O3/c1-3-21-12-10-18(23)16(13-21)20-19(24)22-11-4-5-17(22)14-6-8-15(25-2)9-7-14/h6-10,12-13,17H,3-5,11H2,1-2H3,(H,20,24)/t17-/m0/s1. The van der Waals surface area contributed by atoms with E-state index in [-0.39, 0.29) is 17.5 Å². The molecule has 1 aliphatic heterocycles. The molecule has 0 radical (unpaired) electrons. The minimum Gasteiger partial charge on any atom is -0.497 e. The summed E-state index contributed by atoms with van der Waals surface area (Å²) in [5.41, 5.74) is 1.21. The maximum atomic E-state index is 12.7. The first-order valence-electron chi connectivity index (χ1n) is 8.54. The molecule has 2 heterocycles. The Hall–Kier alpha value is -2.76. The fourth-order valence-electron chi connectivity index (χ4n) is 3.19. The summed E-state index contributed by atoms with van der Waals surface area (Å²) in [6.45, 7) is 3.40. The summed E-state index contributed by atoms with van der Waals surface area (Å²) >= 11 is 0. The van der Waals surface area contributed by atoms with Crippen LogP contribution in [0.15, 0.2) is 47.5 Å². The molecule has 2 aromatic rings. The Morgan fingerprint density at radius 1 is 1.28 bits per heavy atom. The van der Waals surface area contributed by atoms with Crippen LogP contribution in [0.2, 0.25) is 0 Å². The number of hydrogen-bond donors (Lipinski definition) is 1. The molecule has 1 N–H and O–H groups in total. The molecule has 6 heteroatoms. The maximum Gasteiger partial charge on any atom is 0.322 e. The van der Waals surface area contributed by atoms with Crippen molar-refractivity contribution in [3.8, 4) is 5.75 Å². The van der Waals surface area contributed by atoms with Gasteiger partial charge in [0.15, 0.2) is 0 Å². The Balaban J connectivity index is 1.77. The van der Waals surface area contributed by atoms with E-state index in [1.807, 2.05) is 35.8 Å². The van der Waals surface area contributed by atoms with Gasteiger partial charge in [-0.15, -0.1) is 0 Å². The molecule has 1 fully saturated rings. The van der Waals surface area contributed by atoms with E-state index < -0.39 is 0 Å². The number of pyridine rings is 1. The van der Waals surface area contributed by atoms with Crippen molar-refractivity contribution in [2.24, 2.45) is 0 Å². The molecule has 0 saturated carbocycles. The zero-order valence-electron chi connectivity index (χ0n) is 14.6. The van der Waals surface area contributed by atoms with Crippen LogP contribution in [-0.4, -0.2) is 29.2 Å². The van der Waals surface area contributed by atoms with E-state index in [1.54, 1.807) is 24.4 Å². The van der Waals surface area contributed by atoms with E-state index in [2.05, 4.69) is 5.32 Å². The highest BCUT2D eigenvalue weighted by atomic mass is 16.5. The smallest absolute Gasteiger partial charge is 0.322 e. The van der Waals surface area contributed by atoms with Crippen LogP contribution in [0.1, 0.15) is 31.4 Å². The van der Waals surface area contributed by atoms with Crippen molar-refractivity contribution < 1.29 is 9.53 Å². The molecule has 1 aliphatic rings. The second kappa shape index (κ2) is 7.42. The largest absolute Gasteiger partial charge is 0.497 e. The normalized spacial score (nSPS) is 16.7. The molecular weight excluding hydrogens is 318 g/mol. The summed E-state index contributed by atoms with van der Waals surface area (Å²) in [4.78, 5) is 26.5. The summed E-state index contributed by atoms with van der Waals surface area (Å²) < 4.78 is 7.05. The van der Waals surface area contributed by atoms with E-state index in [9.17, 15) is 9.59 Å². The van der Waals surface area contributed by atoms with Crippen molar-refractivity contribution in [3.05, 3.63) is 58.5 Å². The van der Waals surface area contributed by atoms with Gasteiger partial charge in [-0.1, -0.05) is 12.1 Å². The van der Waals surface area contributed by atoms with Crippen LogP contribution in [0.5, 0.6) is 5.75 Å². The highest BCUT2D eigenvalue weighted by Gasteiger charge is 2.30. The van der Waals surface area contributed by atoms with Gasteiger partial charge in [0.1, 0.15) is 11.4 Å². The Kier molecular flexibility index (Phi) is 5.07. The van der Waals surface area contributed by atoms with Crippen molar-refractivity contribution >= 4 is 11.7 Å². The van der Waals surface area contributed by atoms with Gasteiger partial charge in [-0.3, -0.25) is 4.79 Å². The van der Waals surface area contributed by atoms with Crippen LogP contribution in [0.4, 0.5) is 10.5 Å². The maximum absolute atomic E-state index is 12.7. The molecule has 0 aliphatic carbocycles. The average Bonchev–Trinajstić information content (AvgIpc) is 3.13. The fraction of sp³-hybridized carbons (Fsp3) is 0.368. The van der Waals surface area contributed by atoms with Gasteiger partial charge in [-0.2, -0.15) is 0 Å². The number of aryl methyl sites for hydroxylation is 1. The lowest BCUT2D eigenvalue weighted by Crippen LogP contribution is -2.35. The van der Waals surface area contributed by atoms with Gasteiger partial charge in [0.2, 0.25) is 5.43 Å². The molecule has 0 spiro atoms. The van der Waals surface area contributed by atoms with Crippen molar-refractivity contribution in [1.82, 2.24) is 9.47 Å². The van der Waals surface area contributed by atoms with E-state index in [4.69, 9.17) is 4.74 Å². The Morgan fingerprint density at radius 2 is 2.04 bits per heavy atom. The number of amides is 2. The number of carbonyl (C=O) groups excluding carboxylic acids is 1. The quantitative estimate of drug-likeness (QED) is 0.928. The highest BCUT2D eigenvalue weighted by Crippen LogP contribution is 2.33. The van der Waals surface area contributed by atoms with Crippen molar-refractivity contribution in [2.45, 2.75) is 32.4 Å². The third kappa shape index (κ3) is 3.68. The van der Waals surface area contributed by atoms with Crippen LogP contribution in [0, 0.1) is 0 Å². The number of hydrogen-bond acceptors (Lipinski definition) is 3. The molecule has 1 aromatic heterocycles.